The molecule has 0 spiro atoms. The standard InChI is InChI=1S/C9H17N5O/c1-6-11-7(4-8(12-6)14-10)13-9(2,3)5-15/h4,15H,5,10H2,1-3H3,(H2,11,12,13,14). The van der Waals surface area contributed by atoms with E-state index in [0.29, 0.717) is 17.5 Å². The van der Waals surface area contributed by atoms with Crippen LogP contribution in [0.3, 0.4) is 0 Å². The number of aliphatic hydroxyl groups excluding tert-OH is 1. The fourth-order valence-corrected chi connectivity index (χ4v) is 1.09. The minimum absolute atomic E-state index is 0.0153. The minimum Gasteiger partial charge on any atom is -0.394 e. The average molecular weight is 211 g/mol. The molecule has 0 fully saturated rings. The van der Waals surface area contributed by atoms with E-state index in [2.05, 4.69) is 20.7 Å². The third-order valence-corrected chi connectivity index (χ3v) is 1.85. The van der Waals surface area contributed by atoms with Crippen LogP contribution in [-0.2, 0) is 0 Å². The Hall–Kier alpha value is -1.40. The molecule has 6 heteroatoms. The highest BCUT2D eigenvalue weighted by molar-refractivity contribution is 5.48. The summed E-state index contributed by atoms with van der Waals surface area (Å²) in [5.41, 5.74) is 2.03. The normalized spacial score (nSPS) is 11.3. The van der Waals surface area contributed by atoms with Crippen LogP contribution in [-0.4, -0.2) is 27.2 Å². The van der Waals surface area contributed by atoms with Gasteiger partial charge in [-0.3, -0.25) is 0 Å². The van der Waals surface area contributed by atoms with Gasteiger partial charge in [-0.05, 0) is 20.8 Å². The van der Waals surface area contributed by atoms with Gasteiger partial charge >= 0.3 is 0 Å². The molecule has 0 atom stereocenters. The van der Waals surface area contributed by atoms with Crippen LogP contribution in [0.1, 0.15) is 19.7 Å². The molecule has 0 bridgehead atoms. The zero-order valence-corrected chi connectivity index (χ0v) is 9.20. The predicted molar refractivity (Wildman–Crippen MR) is 59.4 cm³/mol. The first-order chi connectivity index (χ1) is 6.96. The molecule has 1 aromatic rings. The summed E-state index contributed by atoms with van der Waals surface area (Å²) in [4.78, 5) is 8.24. The van der Waals surface area contributed by atoms with Gasteiger partial charge in [-0.15, -0.1) is 0 Å². The van der Waals surface area contributed by atoms with Crippen molar-refractivity contribution in [1.29, 1.82) is 0 Å². The van der Waals surface area contributed by atoms with Crippen molar-refractivity contribution in [2.75, 3.05) is 17.3 Å². The Kier molecular flexibility index (Phi) is 3.43. The van der Waals surface area contributed by atoms with Gasteiger partial charge in [0.05, 0.1) is 12.1 Å². The Balaban J connectivity index is 2.90. The lowest BCUT2D eigenvalue weighted by atomic mass is 10.1. The van der Waals surface area contributed by atoms with Gasteiger partial charge in [-0.2, -0.15) is 0 Å². The summed E-state index contributed by atoms with van der Waals surface area (Å²) in [6.07, 6.45) is 0. The van der Waals surface area contributed by atoms with E-state index < -0.39 is 5.54 Å². The molecule has 15 heavy (non-hydrogen) atoms. The van der Waals surface area contributed by atoms with Gasteiger partial charge in [0.15, 0.2) is 0 Å². The third-order valence-electron chi connectivity index (χ3n) is 1.85. The maximum Gasteiger partial charge on any atom is 0.145 e. The van der Waals surface area contributed by atoms with Gasteiger partial charge in [0.2, 0.25) is 0 Å². The number of aliphatic hydroxyl groups is 1. The second-order valence-corrected chi connectivity index (χ2v) is 4.00. The summed E-state index contributed by atoms with van der Waals surface area (Å²) in [7, 11) is 0. The minimum atomic E-state index is -0.424. The molecule has 1 heterocycles. The second-order valence-electron chi connectivity index (χ2n) is 4.00. The Morgan fingerprint density at radius 1 is 1.40 bits per heavy atom. The molecule has 0 saturated heterocycles. The molecule has 1 rings (SSSR count). The van der Waals surface area contributed by atoms with E-state index in [9.17, 15) is 0 Å². The lowest BCUT2D eigenvalue weighted by molar-refractivity contribution is 0.234. The number of hydrogen-bond acceptors (Lipinski definition) is 6. The Morgan fingerprint density at radius 2 is 2.00 bits per heavy atom. The number of nitrogen functional groups attached to an aromatic ring is 1. The van der Waals surface area contributed by atoms with E-state index in [1.165, 1.54) is 0 Å². The highest BCUT2D eigenvalue weighted by Gasteiger charge is 2.16. The van der Waals surface area contributed by atoms with Crippen LogP contribution in [0.25, 0.3) is 0 Å². The first-order valence-electron chi connectivity index (χ1n) is 4.68. The maximum absolute atomic E-state index is 9.10. The third kappa shape index (κ3) is 3.34. The number of nitrogens with zero attached hydrogens (tertiary/aromatic N) is 2. The molecule has 0 amide bonds. The van der Waals surface area contributed by atoms with E-state index in [1.54, 1.807) is 13.0 Å². The van der Waals surface area contributed by atoms with Crippen LogP contribution in [0.4, 0.5) is 11.6 Å². The number of anilines is 2. The molecule has 0 aliphatic rings. The molecule has 0 unspecified atom stereocenters. The number of hydrazine groups is 1. The SMILES string of the molecule is Cc1nc(NN)cc(NC(C)(C)CO)n1. The fraction of sp³-hybridized carbons (Fsp3) is 0.556. The van der Waals surface area contributed by atoms with Gasteiger partial charge in [0.25, 0.3) is 0 Å². The molecule has 0 aliphatic heterocycles. The molecule has 6 nitrogen and oxygen atoms in total. The topological polar surface area (TPSA) is 96.1 Å². The lowest BCUT2D eigenvalue weighted by Crippen LogP contribution is -2.35. The number of aryl methyl sites for hydroxylation is 1. The second kappa shape index (κ2) is 4.41. The molecular formula is C9H17N5O. The van der Waals surface area contributed by atoms with Crippen molar-refractivity contribution >= 4 is 11.6 Å². The van der Waals surface area contributed by atoms with Crippen molar-refractivity contribution < 1.29 is 5.11 Å². The number of hydrogen-bond donors (Lipinski definition) is 4. The Labute approximate surface area is 88.9 Å². The van der Waals surface area contributed by atoms with Crippen LogP contribution in [0, 0.1) is 6.92 Å². The molecule has 0 aromatic carbocycles. The average Bonchev–Trinajstić information content (AvgIpc) is 2.16. The van der Waals surface area contributed by atoms with Crippen LogP contribution in [0.15, 0.2) is 6.07 Å². The van der Waals surface area contributed by atoms with Crippen molar-refractivity contribution in [2.24, 2.45) is 5.84 Å². The van der Waals surface area contributed by atoms with Gasteiger partial charge in [0, 0.05) is 6.07 Å². The van der Waals surface area contributed by atoms with E-state index >= 15 is 0 Å². The largest absolute Gasteiger partial charge is 0.394 e. The van der Waals surface area contributed by atoms with Gasteiger partial charge in [-0.1, -0.05) is 0 Å². The summed E-state index contributed by atoms with van der Waals surface area (Å²) in [6.45, 7) is 5.54. The zero-order chi connectivity index (χ0) is 11.5. The molecule has 0 saturated carbocycles. The summed E-state index contributed by atoms with van der Waals surface area (Å²) < 4.78 is 0. The van der Waals surface area contributed by atoms with E-state index in [4.69, 9.17) is 10.9 Å². The summed E-state index contributed by atoms with van der Waals surface area (Å²) in [6, 6.07) is 1.68. The summed E-state index contributed by atoms with van der Waals surface area (Å²) in [5, 5.41) is 12.2. The maximum atomic E-state index is 9.10. The van der Waals surface area contributed by atoms with Crippen LogP contribution in [0.2, 0.25) is 0 Å². The van der Waals surface area contributed by atoms with Crippen molar-refractivity contribution in [1.82, 2.24) is 9.97 Å². The van der Waals surface area contributed by atoms with Gasteiger partial charge in [-0.25, -0.2) is 15.8 Å². The molecule has 1 aromatic heterocycles. The first-order valence-corrected chi connectivity index (χ1v) is 4.68. The smallest absolute Gasteiger partial charge is 0.145 e. The number of nitrogens with two attached hydrogens (primary N) is 1. The zero-order valence-electron chi connectivity index (χ0n) is 9.20. The molecular weight excluding hydrogens is 194 g/mol. The Morgan fingerprint density at radius 3 is 2.53 bits per heavy atom. The molecule has 84 valence electrons. The van der Waals surface area contributed by atoms with Crippen LogP contribution < -0.4 is 16.6 Å². The van der Waals surface area contributed by atoms with Crippen LogP contribution in [0.5, 0.6) is 0 Å². The highest BCUT2D eigenvalue weighted by atomic mass is 16.3. The summed E-state index contributed by atoms with van der Waals surface area (Å²) in [5.74, 6) is 7.05. The van der Waals surface area contributed by atoms with Crippen LogP contribution >= 0.6 is 0 Å². The first kappa shape index (κ1) is 11.7. The Bertz CT molecular complexity index is 339. The number of aromatic nitrogens is 2. The number of rotatable bonds is 4. The highest BCUT2D eigenvalue weighted by Crippen LogP contribution is 2.15. The fourth-order valence-electron chi connectivity index (χ4n) is 1.09. The number of nitrogens with one attached hydrogen (secondary N) is 2. The van der Waals surface area contributed by atoms with Crippen molar-refractivity contribution in [3.05, 3.63) is 11.9 Å². The van der Waals surface area contributed by atoms with E-state index in [-0.39, 0.29) is 6.61 Å². The summed E-state index contributed by atoms with van der Waals surface area (Å²) >= 11 is 0. The lowest BCUT2D eigenvalue weighted by Gasteiger charge is -2.24. The quantitative estimate of drug-likeness (QED) is 0.421. The molecule has 0 radical (unpaired) electrons. The predicted octanol–water partition coefficient (Wildman–Crippen LogP) is 0.253. The van der Waals surface area contributed by atoms with Crippen molar-refractivity contribution in [3.63, 3.8) is 0 Å². The molecule has 0 aliphatic carbocycles. The molecule has 5 N–H and O–H groups in total. The van der Waals surface area contributed by atoms with Gasteiger partial charge < -0.3 is 15.8 Å². The van der Waals surface area contributed by atoms with Crippen molar-refractivity contribution in [3.8, 4) is 0 Å². The van der Waals surface area contributed by atoms with E-state index in [0.717, 1.165) is 0 Å². The van der Waals surface area contributed by atoms with Gasteiger partial charge in [0.1, 0.15) is 17.5 Å². The van der Waals surface area contributed by atoms with E-state index in [1.807, 2.05) is 13.8 Å². The van der Waals surface area contributed by atoms with Crippen molar-refractivity contribution in [2.45, 2.75) is 26.3 Å². The monoisotopic (exact) mass is 211 g/mol.